The summed E-state index contributed by atoms with van der Waals surface area (Å²) in [7, 11) is 0. The zero-order chi connectivity index (χ0) is 13.8. The minimum Gasteiger partial charge on any atom is -0.456 e. The van der Waals surface area contributed by atoms with Crippen LogP contribution in [0.15, 0.2) is 30.3 Å². The second-order valence-electron chi connectivity index (χ2n) is 4.12. The molecule has 0 amide bonds. The molecular formula is C15H12N2O2. The van der Waals surface area contributed by atoms with E-state index in [9.17, 15) is 4.79 Å². The minimum absolute atomic E-state index is 0.421. The average molecular weight is 252 g/mol. The monoisotopic (exact) mass is 252 g/mol. The highest BCUT2D eigenvalue weighted by Crippen LogP contribution is 2.27. The van der Waals surface area contributed by atoms with Gasteiger partial charge in [0.1, 0.15) is 29.4 Å². The largest absolute Gasteiger partial charge is 0.456 e. The van der Waals surface area contributed by atoms with E-state index in [1.807, 2.05) is 6.92 Å². The van der Waals surface area contributed by atoms with Gasteiger partial charge in [-0.2, -0.15) is 5.26 Å². The number of pyridine rings is 1. The van der Waals surface area contributed by atoms with Crippen molar-refractivity contribution in [3.63, 3.8) is 0 Å². The molecule has 0 saturated heterocycles. The van der Waals surface area contributed by atoms with Gasteiger partial charge in [-0.25, -0.2) is 0 Å². The predicted molar refractivity (Wildman–Crippen MR) is 70.3 cm³/mol. The average Bonchev–Trinajstić information content (AvgIpc) is 2.39. The van der Waals surface area contributed by atoms with E-state index in [1.165, 1.54) is 0 Å². The van der Waals surface area contributed by atoms with Gasteiger partial charge in [0.15, 0.2) is 0 Å². The molecule has 1 aromatic carbocycles. The number of hydrogen-bond acceptors (Lipinski definition) is 4. The van der Waals surface area contributed by atoms with E-state index >= 15 is 0 Å². The molecule has 4 nitrogen and oxygen atoms in total. The predicted octanol–water partition coefficient (Wildman–Crippen LogP) is 3.17. The molecule has 0 unspecified atom stereocenters. The summed E-state index contributed by atoms with van der Waals surface area (Å²) in [5.74, 6) is 1.05. The standard InChI is InChI=1S/C15H12N2O2/c1-10-7-15(14(8-16)11(2)17-10)19-13-5-3-12(9-18)4-6-13/h3-7,9H,1-2H3. The fraction of sp³-hybridized carbons (Fsp3) is 0.133. The van der Waals surface area contributed by atoms with Gasteiger partial charge in [0.05, 0.1) is 5.69 Å². The lowest BCUT2D eigenvalue weighted by atomic mass is 10.2. The first-order valence-electron chi connectivity index (χ1n) is 5.75. The summed E-state index contributed by atoms with van der Waals surface area (Å²) < 4.78 is 5.68. The van der Waals surface area contributed by atoms with E-state index in [0.29, 0.717) is 28.3 Å². The van der Waals surface area contributed by atoms with Crippen molar-refractivity contribution in [2.24, 2.45) is 0 Å². The Morgan fingerprint density at radius 1 is 1.26 bits per heavy atom. The van der Waals surface area contributed by atoms with Crippen LogP contribution in [0, 0.1) is 25.2 Å². The van der Waals surface area contributed by atoms with Crippen molar-refractivity contribution in [3.05, 3.63) is 52.8 Å². The zero-order valence-electron chi connectivity index (χ0n) is 10.7. The number of nitrogens with zero attached hydrogens (tertiary/aromatic N) is 2. The van der Waals surface area contributed by atoms with E-state index in [1.54, 1.807) is 37.3 Å². The SMILES string of the molecule is Cc1cc(Oc2ccc(C=O)cc2)c(C#N)c(C)n1. The molecule has 0 N–H and O–H groups in total. The number of carbonyl (C=O) groups excluding carboxylic acids is 1. The molecule has 0 spiro atoms. The third kappa shape index (κ3) is 2.78. The van der Waals surface area contributed by atoms with Crippen LogP contribution < -0.4 is 4.74 Å². The van der Waals surface area contributed by atoms with Gasteiger partial charge in [0.2, 0.25) is 0 Å². The molecule has 0 atom stereocenters. The second kappa shape index (κ2) is 5.32. The van der Waals surface area contributed by atoms with Gasteiger partial charge in [0, 0.05) is 17.3 Å². The fourth-order valence-corrected chi connectivity index (χ4v) is 1.75. The number of rotatable bonds is 3. The molecule has 1 heterocycles. The van der Waals surface area contributed by atoms with Gasteiger partial charge < -0.3 is 4.74 Å². The maximum atomic E-state index is 10.6. The Morgan fingerprint density at radius 3 is 2.53 bits per heavy atom. The van der Waals surface area contributed by atoms with Gasteiger partial charge in [-0.15, -0.1) is 0 Å². The Hall–Kier alpha value is -2.67. The molecule has 19 heavy (non-hydrogen) atoms. The molecule has 0 aliphatic carbocycles. The highest BCUT2D eigenvalue weighted by atomic mass is 16.5. The Labute approximate surface area is 111 Å². The Morgan fingerprint density at radius 2 is 1.95 bits per heavy atom. The third-order valence-corrected chi connectivity index (χ3v) is 2.65. The molecule has 4 heteroatoms. The summed E-state index contributed by atoms with van der Waals surface area (Å²) in [4.78, 5) is 14.8. The molecule has 0 aliphatic heterocycles. The first-order chi connectivity index (χ1) is 9.13. The molecule has 2 aromatic rings. The van der Waals surface area contributed by atoms with Crippen LogP contribution in [0.3, 0.4) is 0 Å². The van der Waals surface area contributed by atoms with E-state index in [-0.39, 0.29) is 0 Å². The van der Waals surface area contributed by atoms with Crippen LogP contribution in [0.1, 0.15) is 27.3 Å². The lowest BCUT2D eigenvalue weighted by Crippen LogP contribution is -1.96. The third-order valence-electron chi connectivity index (χ3n) is 2.65. The summed E-state index contributed by atoms with van der Waals surface area (Å²) in [5, 5.41) is 9.13. The number of nitriles is 1. The number of ether oxygens (including phenoxy) is 1. The lowest BCUT2D eigenvalue weighted by Gasteiger charge is -2.09. The number of aryl methyl sites for hydroxylation is 2. The highest BCUT2D eigenvalue weighted by Gasteiger charge is 2.10. The van der Waals surface area contributed by atoms with Crippen molar-refractivity contribution in [2.45, 2.75) is 13.8 Å². The van der Waals surface area contributed by atoms with Crippen molar-refractivity contribution >= 4 is 6.29 Å². The maximum Gasteiger partial charge on any atom is 0.150 e. The van der Waals surface area contributed by atoms with Crippen LogP contribution in [0.4, 0.5) is 0 Å². The number of aldehydes is 1. The van der Waals surface area contributed by atoms with Crippen molar-refractivity contribution in [2.75, 3.05) is 0 Å². The summed E-state index contributed by atoms with van der Waals surface area (Å²) >= 11 is 0. The quantitative estimate of drug-likeness (QED) is 0.787. The molecule has 0 bridgehead atoms. The number of hydrogen-bond donors (Lipinski definition) is 0. The van der Waals surface area contributed by atoms with Crippen LogP contribution in [-0.4, -0.2) is 11.3 Å². The van der Waals surface area contributed by atoms with Crippen molar-refractivity contribution < 1.29 is 9.53 Å². The molecule has 0 saturated carbocycles. The number of aromatic nitrogens is 1. The van der Waals surface area contributed by atoms with Crippen molar-refractivity contribution in [1.29, 1.82) is 5.26 Å². The molecule has 94 valence electrons. The zero-order valence-corrected chi connectivity index (χ0v) is 10.7. The van der Waals surface area contributed by atoms with Gasteiger partial charge in [-0.05, 0) is 38.1 Å². The molecule has 2 rings (SSSR count). The number of benzene rings is 1. The summed E-state index contributed by atoms with van der Waals surface area (Å²) in [6.07, 6.45) is 0.769. The van der Waals surface area contributed by atoms with Crippen LogP contribution in [0.2, 0.25) is 0 Å². The topological polar surface area (TPSA) is 63.0 Å². The van der Waals surface area contributed by atoms with Gasteiger partial charge in [0.25, 0.3) is 0 Å². The fourth-order valence-electron chi connectivity index (χ4n) is 1.75. The first-order valence-corrected chi connectivity index (χ1v) is 5.75. The van der Waals surface area contributed by atoms with Crippen molar-refractivity contribution in [1.82, 2.24) is 4.98 Å². The minimum atomic E-state index is 0.421. The van der Waals surface area contributed by atoms with Gasteiger partial charge >= 0.3 is 0 Å². The molecular weight excluding hydrogens is 240 g/mol. The number of carbonyl (C=O) groups is 1. The summed E-state index contributed by atoms with van der Waals surface area (Å²) in [6, 6.07) is 10.5. The van der Waals surface area contributed by atoms with Crippen LogP contribution >= 0.6 is 0 Å². The van der Waals surface area contributed by atoms with Crippen molar-refractivity contribution in [3.8, 4) is 17.6 Å². The Kier molecular flexibility index (Phi) is 3.58. The van der Waals surface area contributed by atoms with E-state index in [0.717, 1.165) is 12.0 Å². The molecule has 0 radical (unpaired) electrons. The van der Waals surface area contributed by atoms with Crippen LogP contribution in [0.25, 0.3) is 0 Å². The Bertz CT molecular complexity index is 655. The summed E-state index contributed by atoms with van der Waals surface area (Å²) in [5.41, 5.74) is 2.43. The van der Waals surface area contributed by atoms with Gasteiger partial charge in [-0.1, -0.05) is 0 Å². The molecule has 1 aromatic heterocycles. The van der Waals surface area contributed by atoms with E-state index < -0.39 is 0 Å². The lowest BCUT2D eigenvalue weighted by molar-refractivity contribution is 0.112. The van der Waals surface area contributed by atoms with E-state index in [2.05, 4.69) is 11.1 Å². The maximum absolute atomic E-state index is 10.6. The van der Waals surface area contributed by atoms with Crippen LogP contribution in [0.5, 0.6) is 11.5 Å². The molecule has 0 fully saturated rings. The van der Waals surface area contributed by atoms with Gasteiger partial charge in [-0.3, -0.25) is 9.78 Å². The first kappa shape index (κ1) is 12.8. The normalized spacial score (nSPS) is 9.74. The summed E-state index contributed by atoms with van der Waals surface area (Å²) in [6.45, 7) is 3.62. The Balaban J connectivity index is 2.37. The second-order valence-corrected chi connectivity index (χ2v) is 4.12. The van der Waals surface area contributed by atoms with Crippen LogP contribution in [-0.2, 0) is 0 Å². The highest BCUT2D eigenvalue weighted by molar-refractivity contribution is 5.74. The van der Waals surface area contributed by atoms with E-state index in [4.69, 9.17) is 10.00 Å². The smallest absolute Gasteiger partial charge is 0.150 e. The molecule has 0 aliphatic rings.